The molecule has 0 spiro atoms. The number of likely N-dealkylation sites (N-methyl/N-ethyl adjacent to an activating group) is 1. The Hall–Kier alpha value is -1.96. The van der Waals surface area contributed by atoms with Crippen LogP contribution in [0.5, 0.6) is 0 Å². The van der Waals surface area contributed by atoms with Crippen LogP contribution < -0.4 is 5.73 Å². The SMILES string of the molecule is CN(C)C(=O)CON=C([C]=O)c1csc(N)n1. The third-order valence-corrected chi connectivity index (χ3v) is 2.38. The van der Waals surface area contributed by atoms with Crippen LogP contribution in [0.3, 0.4) is 0 Å². The number of nitrogens with zero attached hydrogens (tertiary/aromatic N) is 3. The van der Waals surface area contributed by atoms with E-state index < -0.39 is 0 Å². The van der Waals surface area contributed by atoms with Gasteiger partial charge in [-0.1, -0.05) is 5.16 Å². The van der Waals surface area contributed by atoms with Gasteiger partial charge in [-0.15, -0.1) is 11.3 Å². The van der Waals surface area contributed by atoms with E-state index in [0.717, 1.165) is 0 Å². The van der Waals surface area contributed by atoms with Gasteiger partial charge in [-0.05, 0) is 0 Å². The normalized spacial score (nSPS) is 11.1. The lowest BCUT2D eigenvalue weighted by Crippen LogP contribution is -2.25. The van der Waals surface area contributed by atoms with E-state index in [0.29, 0.717) is 5.13 Å². The van der Waals surface area contributed by atoms with Crippen molar-refractivity contribution in [2.45, 2.75) is 0 Å². The first-order chi connectivity index (χ1) is 8.04. The van der Waals surface area contributed by atoms with Gasteiger partial charge in [0, 0.05) is 19.5 Å². The van der Waals surface area contributed by atoms with Crippen LogP contribution >= 0.6 is 11.3 Å². The number of hydrogen-bond donors (Lipinski definition) is 1. The number of thiazole rings is 1. The van der Waals surface area contributed by atoms with Crippen LogP contribution in [0.1, 0.15) is 5.69 Å². The third kappa shape index (κ3) is 3.83. The highest BCUT2D eigenvalue weighted by Crippen LogP contribution is 2.11. The van der Waals surface area contributed by atoms with Gasteiger partial charge < -0.3 is 15.5 Å². The molecule has 1 aromatic rings. The van der Waals surface area contributed by atoms with Crippen LogP contribution in [0.4, 0.5) is 5.13 Å². The van der Waals surface area contributed by atoms with Gasteiger partial charge in [-0.2, -0.15) is 0 Å². The summed E-state index contributed by atoms with van der Waals surface area (Å²) in [6, 6.07) is 0. The molecule has 1 rings (SSSR count). The van der Waals surface area contributed by atoms with E-state index in [4.69, 9.17) is 10.6 Å². The first-order valence-corrected chi connectivity index (χ1v) is 5.42. The zero-order chi connectivity index (χ0) is 12.8. The fraction of sp³-hybridized carbons (Fsp3) is 0.333. The van der Waals surface area contributed by atoms with Crippen molar-refractivity contribution < 1.29 is 14.4 Å². The number of carbonyl (C=O) groups is 1. The summed E-state index contributed by atoms with van der Waals surface area (Å²) in [6.45, 7) is -0.252. The standard InChI is InChI=1S/C9H11N4O3S/c1-13(2)8(15)4-16-12-6(3-14)7-5-17-9(10)11-7/h5H,4H2,1-2H3,(H2,10,11). The Morgan fingerprint density at radius 1 is 1.71 bits per heavy atom. The molecular weight excluding hydrogens is 244 g/mol. The Bertz CT molecular complexity index is 441. The summed E-state index contributed by atoms with van der Waals surface area (Å²) in [5, 5.41) is 5.35. The molecule has 0 unspecified atom stereocenters. The third-order valence-electron chi connectivity index (χ3n) is 1.70. The lowest BCUT2D eigenvalue weighted by Gasteiger charge is -2.08. The molecule has 7 nitrogen and oxygen atoms in total. The van der Waals surface area contributed by atoms with Crippen molar-refractivity contribution in [3.63, 3.8) is 0 Å². The van der Waals surface area contributed by atoms with E-state index in [1.54, 1.807) is 25.8 Å². The summed E-state index contributed by atoms with van der Waals surface area (Å²) < 4.78 is 0. The molecule has 17 heavy (non-hydrogen) atoms. The Morgan fingerprint density at radius 3 is 2.88 bits per heavy atom. The summed E-state index contributed by atoms with van der Waals surface area (Å²) in [6.07, 6.45) is 1.57. The Kier molecular flexibility index (Phi) is 4.58. The summed E-state index contributed by atoms with van der Waals surface area (Å²) in [5.74, 6) is -0.267. The minimum absolute atomic E-state index is 0.121. The topological polar surface area (TPSA) is 97.9 Å². The number of nitrogens with two attached hydrogens (primary N) is 1. The molecule has 0 aliphatic carbocycles. The van der Waals surface area contributed by atoms with Crippen LogP contribution in [0.15, 0.2) is 10.5 Å². The average Bonchev–Trinajstić information content (AvgIpc) is 2.70. The number of rotatable bonds is 5. The second-order valence-corrected chi connectivity index (χ2v) is 4.06. The molecule has 2 N–H and O–H groups in total. The van der Waals surface area contributed by atoms with Gasteiger partial charge in [-0.3, -0.25) is 9.59 Å². The fourth-order valence-electron chi connectivity index (χ4n) is 0.795. The van der Waals surface area contributed by atoms with E-state index in [1.807, 2.05) is 0 Å². The molecule has 0 aliphatic rings. The highest BCUT2D eigenvalue weighted by Gasteiger charge is 2.10. The van der Waals surface area contributed by atoms with Gasteiger partial charge in [0.1, 0.15) is 5.69 Å². The molecule has 0 aromatic carbocycles. The molecule has 0 fully saturated rings. The van der Waals surface area contributed by atoms with Crippen LogP contribution in [0.25, 0.3) is 0 Å². The molecule has 0 aliphatic heterocycles. The van der Waals surface area contributed by atoms with E-state index in [1.165, 1.54) is 16.2 Å². The summed E-state index contributed by atoms with van der Waals surface area (Å²) >= 11 is 1.17. The van der Waals surface area contributed by atoms with Crippen molar-refractivity contribution in [3.05, 3.63) is 11.1 Å². The second kappa shape index (κ2) is 5.94. The smallest absolute Gasteiger partial charge is 0.262 e. The number of aromatic nitrogens is 1. The van der Waals surface area contributed by atoms with Crippen molar-refractivity contribution >= 4 is 34.4 Å². The van der Waals surface area contributed by atoms with Gasteiger partial charge in [0.25, 0.3) is 12.2 Å². The van der Waals surface area contributed by atoms with E-state index in [9.17, 15) is 9.59 Å². The van der Waals surface area contributed by atoms with Gasteiger partial charge in [0.15, 0.2) is 17.5 Å². The summed E-state index contributed by atoms with van der Waals surface area (Å²) in [7, 11) is 3.17. The van der Waals surface area contributed by atoms with Crippen LogP contribution in [-0.2, 0) is 14.4 Å². The quantitative estimate of drug-likeness (QED) is 0.572. The van der Waals surface area contributed by atoms with Gasteiger partial charge >= 0.3 is 0 Å². The van der Waals surface area contributed by atoms with Crippen LogP contribution in [0, 0.1) is 0 Å². The maximum atomic E-state index is 11.2. The molecule has 8 heteroatoms. The molecule has 0 atom stereocenters. The van der Waals surface area contributed by atoms with Gasteiger partial charge in [-0.25, -0.2) is 4.98 Å². The molecule has 1 amide bonds. The minimum atomic E-state index is -0.267. The van der Waals surface area contributed by atoms with Crippen LogP contribution in [-0.4, -0.2) is 48.5 Å². The lowest BCUT2D eigenvalue weighted by molar-refractivity contribution is -0.133. The predicted octanol–water partition coefficient (Wildman–Crippen LogP) is -0.356. The maximum Gasteiger partial charge on any atom is 0.262 e. The van der Waals surface area contributed by atoms with Gasteiger partial charge in [0.05, 0.1) is 0 Å². The second-order valence-electron chi connectivity index (χ2n) is 3.17. The zero-order valence-electron chi connectivity index (χ0n) is 9.34. The largest absolute Gasteiger partial charge is 0.385 e. The van der Waals surface area contributed by atoms with Gasteiger partial charge in [0.2, 0.25) is 0 Å². The van der Waals surface area contributed by atoms with Crippen molar-refractivity contribution in [2.75, 3.05) is 26.4 Å². The van der Waals surface area contributed by atoms with Crippen molar-refractivity contribution in [2.24, 2.45) is 5.16 Å². The number of amides is 1. The molecule has 1 aromatic heterocycles. The van der Waals surface area contributed by atoms with E-state index in [-0.39, 0.29) is 23.9 Å². The summed E-state index contributed by atoms with van der Waals surface area (Å²) in [4.78, 5) is 31.7. The Balaban J connectivity index is 2.63. The molecule has 0 saturated heterocycles. The van der Waals surface area contributed by atoms with Crippen molar-refractivity contribution in [1.82, 2.24) is 9.88 Å². The summed E-state index contributed by atoms with van der Waals surface area (Å²) in [5.41, 5.74) is 5.57. The first-order valence-electron chi connectivity index (χ1n) is 4.54. The van der Waals surface area contributed by atoms with E-state index >= 15 is 0 Å². The molecule has 1 heterocycles. The Labute approximate surface area is 102 Å². The number of anilines is 1. The number of nitrogen functional groups attached to an aromatic ring is 1. The maximum absolute atomic E-state index is 11.2. The first kappa shape index (κ1) is 13.1. The fourth-order valence-corrected chi connectivity index (χ4v) is 1.34. The monoisotopic (exact) mass is 255 g/mol. The predicted molar refractivity (Wildman–Crippen MR) is 63.4 cm³/mol. The van der Waals surface area contributed by atoms with E-state index in [2.05, 4.69) is 10.1 Å². The molecule has 0 saturated carbocycles. The van der Waals surface area contributed by atoms with Crippen molar-refractivity contribution in [1.29, 1.82) is 0 Å². The van der Waals surface area contributed by atoms with Crippen LogP contribution in [0.2, 0.25) is 0 Å². The zero-order valence-corrected chi connectivity index (χ0v) is 10.2. The highest BCUT2D eigenvalue weighted by molar-refractivity contribution is 7.13. The lowest BCUT2D eigenvalue weighted by atomic mass is 10.3. The number of oxime groups is 1. The Morgan fingerprint density at radius 2 is 2.41 bits per heavy atom. The number of carbonyl (C=O) groups excluding carboxylic acids is 2. The van der Waals surface area contributed by atoms with Crippen molar-refractivity contribution in [3.8, 4) is 0 Å². The molecule has 0 bridgehead atoms. The highest BCUT2D eigenvalue weighted by atomic mass is 32.1. The molecular formula is C9H11N4O3S. The minimum Gasteiger partial charge on any atom is -0.385 e. The average molecular weight is 255 g/mol. The molecule has 1 radical (unpaired) electrons. The number of hydrogen-bond acceptors (Lipinski definition) is 7. The molecule has 91 valence electrons.